The van der Waals surface area contributed by atoms with Crippen LogP contribution in [0, 0.1) is 0 Å². The Kier molecular flexibility index (Phi) is 5.13. The zero-order valence-corrected chi connectivity index (χ0v) is 13.7. The molecule has 8 nitrogen and oxygen atoms in total. The highest BCUT2D eigenvalue weighted by atomic mass is 32.2. The van der Waals surface area contributed by atoms with E-state index in [0.717, 1.165) is 0 Å². The second-order valence-electron chi connectivity index (χ2n) is 5.79. The van der Waals surface area contributed by atoms with E-state index in [1.807, 2.05) is 0 Å². The first kappa shape index (κ1) is 17.6. The number of hydrogen-bond donors (Lipinski definition) is 3. The third kappa shape index (κ3) is 4.26. The van der Waals surface area contributed by atoms with Crippen LogP contribution in [0.5, 0.6) is 0 Å². The van der Waals surface area contributed by atoms with Crippen molar-refractivity contribution >= 4 is 15.9 Å². The monoisotopic (exact) mass is 318 g/mol. The molecule has 1 heterocycles. The molecule has 9 heteroatoms. The first-order chi connectivity index (χ1) is 9.49. The number of carbonyl (C=O) groups is 1. The Labute approximate surface area is 124 Å². The number of primary sulfonamides is 1. The minimum Gasteiger partial charge on any atom is -0.382 e. The number of nitrogens with one attached hydrogen (secondary N) is 2. The Morgan fingerprint density at radius 2 is 2.05 bits per heavy atom. The number of sulfonamides is 1. The van der Waals surface area contributed by atoms with Crippen molar-refractivity contribution in [2.75, 3.05) is 13.7 Å². The molecule has 1 aromatic heterocycles. The molecule has 4 N–H and O–H groups in total. The number of rotatable bonds is 6. The van der Waals surface area contributed by atoms with Crippen LogP contribution >= 0.6 is 0 Å². The molecule has 0 aliphatic rings. The van der Waals surface area contributed by atoms with E-state index in [1.165, 1.54) is 7.11 Å². The van der Waals surface area contributed by atoms with Gasteiger partial charge in [-0.3, -0.25) is 9.89 Å². The van der Waals surface area contributed by atoms with Crippen LogP contribution in [-0.4, -0.2) is 43.8 Å². The van der Waals surface area contributed by atoms with Crippen LogP contribution in [-0.2, 0) is 14.8 Å². The molecular weight excluding hydrogens is 296 g/mol. The predicted octanol–water partition coefficient (Wildman–Crippen LogP) is 0.335. The van der Waals surface area contributed by atoms with Crippen molar-refractivity contribution < 1.29 is 17.9 Å². The SMILES string of the molecule is COCC(C)(C)NC(=O)c1n[nH]c(C(C)C)c1S(N)(=O)=O. The highest BCUT2D eigenvalue weighted by Crippen LogP contribution is 2.24. The summed E-state index contributed by atoms with van der Waals surface area (Å²) in [5.41, 5.74) is -0.587. The summed E-state index contributed by atoms with van der Waals surface area (Å²) < 4.78 is 28.5. The number of amides is 1. The molecular formula is C12H22N4O4S. The Morgan fingerprint density at radius 3 is 2.48 bits per heavy atom. The van der Waals surface area contributed by atoms with Gasteiger partial charge in [0.2, 0.25) is 10.0 Å². The lowest BCUT2D eigenvalue weighted by Gasteiger charge is -2.24. The zero-order chi connectivity index (χ0) is 16.4. The first-order valence-electron chi connectivity index (χ1n) is 6.42. The molecule has 1 amide bonds. The van der Waals surface area contributed by atoms with Gasteiger partial charge in [-0.15, -0.1) is 0 Å². The lowest BCUT2D eigenvalue weighted by atomic mass is 10.1. The van der Waals surface area contributed by atoms with Gasteiger partial charge in [-0.2, -0.15) is 5.10 Å². The van der Waals surface area contributed by atoms with Crippen molar-refractivity contribution in [3.8, 4) is 0 Å². The minimum absolute atomic E-state index is 0.167. The molecule has 21 heavy (non-hydrogen) atoms. The highest BCUT2D eigenvalue weighted by Gasteiger charge is 2.31. The summed E-state index contributed by atoms with van der Waals surface area (Å²) in [6.45, 7) is 7.32. The topological polar surface area (TPSA) is 127 Å². The zero-order valence-electron chi connectivity index (χ0n) is 12.9. The summed E-state index contributed by atoms with van der Waals surface area (Å²) in [5.74, 6) is -0.788. The molecule has 0 unspecified atom stereocenters. The number of hydrogen-bond acceptors (Lipinski definition) is 5. The van der Waals surface area contributed by atoms with Gasteiger partial charge in [0.25, 0.3) is 5.91 Å². The fourth-order valence-electron chi connectivity index (χ4n) is 1.94. The van der Waals surface area contributed by atoms with Crippen molar-refractivity contribution in [3.05, 3.63) is 11.4 Å². The summed E-state index contributed by atoms with van der Waals surface area (Å²) >= 11 is 0. The van der Waals surface area contributed by atoms with Crippen LogP contribution in [0.2, 0.25) is 0 Å². The van der Waals surface area contributed by atoms with Gasteiger partial charge in [0.15, 0.2) is 5.69 Å². The number of aromatic amines is 1. The lowest BCUT2D eigenvalue weighted by molar-refractivity contribution is 0.0812. The van der Waals surface area contributed by atoms with Crippen LogP contribution in [0.25, 0.3) is 0 Å². The predicted molar refractivity (Wildman–Crippen MR) is 77.5 cm³/mol. The van der Waals surface area contributed by atoms with E-state index in [2.05, 4.69) is 15.5 Å². The van der Waals surface area contributed by atoms with Gasteiger partial charge in [-0.25, -0.2) is 13.6 Å². The number of methoxy groups -OCH3 is 1. The number of nitrogens with two attached hydrogens (primary N) is 1. The Balaban J connectivity index is 3.23. The number of H-pyrrole nitrogens is 1. The summed E-state index contributed by atoms with van der Waals surface area (Å²) in [6.07, 6.45) is 0. The third-order valence-corrected chi connectivity index (χ3v) is 3.76. The molecule has 0 fully saturated rings. The van der Waals surface area contributed by atoms with E-state index < -0.39 is 21.5 Å². The minimum atomic E-state index is -4.06. The number of nitrogens with zero attached hydrogens (tertiary/aromatic N) is 1. The second kappa shape index (κ2) is 6.12. The Morgan fingerprint density at radius 1 is 1.48 bits per heavy atom. The molecule has 0 aliphatic carbocycles. The molecule has 0 radical (unpaired) electrons. The van der Waals surface area contributed by atoms with Crippen molar-refractivity contribution in [2.45, 2.75) is 44.0 Å². The largest absolute Gasteiger partial charge is 0.382 e. The Bertz CT molecular complexity index is 619. The van der Waals surface area contributed by atoms with E-state index in [0.29, 0.717) is 5.69 Å². The summed E-state index contributed by atoms with van der Waals surface area (Å²) in [4.78, 5) is 12.0. The quantitative estimate of drug-likeness (QED) is 0.696. The van der Waals surface area contributed by atoms with Gasteiger partial charge in [0.05, 0.1) is 17.8 Å². The molecule has 0 spiro atoms. The molecule has 0 saturated heterocycles. The van der Waals surface area contributed by atoms with Crippen molar-refractivity contribution in [2.24, 2.45) is 5.14 Å². The maximum absolute atomic E-state index is 12.3. The van der Waals surface area contributed by atoms with Crippen LogP contribution in [0.3, 0.4) is 0 Å². The van der Waals surface area contributed by atoms with E-state index in [9.17, 15) is 13.2 Å². The molecule has 0 aromatic carbocycles. The van der Waals surface area contributed by atoms with Gasteiger partial charge >= 0.3 is 0 Å². The molecule has 0 aliphatic heterocycles. The van der Waals surface area contributed by atoms with Crippen LogP contribution in [0.4, 0.5) is 0 Å². The second-order valence-corrected chi connectivity index (χ2v) is 7.28. The average Bonchev–Trinajstić information content (AvgIpc) is 2.71. The fourth-order valence-corrected chi connectivity index (χ4v) is 2.94. The first-order valence-corrected chi connectivity index (χ1v) is 7.96. The maximum atomic E-state index is 12.3. The number of ether oxygens (including phenoxy) is 1. The van der Waals surface area contributed by atoms with E-state index in [-0.39, 0.29) is 23.1 Å². The van der Waals surface area contributed by atoms with Crippen molar-refractivity contribution in [3.63, 3.8) is 0 Å². The highest BCUT2D eigenvalue weighted by molar-refractivity contribution is 7.89. The molecule has 1 aromatic rings. The van der Waals surface area contributed by atoms with Crippen LogP contribution in [0.1, 0.15) is 49.8 Å². The van der Waals surface area contributed by atoms with E-state index >= 15 is 0 Å². The van der Waals surface area contributed by atoms with Gasteiger partial charge < -0.3 is 10.1 Å². The fraction of sp³-hybridized carbons (Fsp3) is 0.667. The molecule has 0 atom stereocenters. The molecule has 120 valence electrons. The standard InChI is InChI=1S/C12H22N4O4S/c1-7(2)8-10(21(13,18)19)9(16-15-8)11(17)14-12(3,4)6-20-5/h7H,6H2,1-5H3,(H,14,17)(H,15,16)(H2,13,18,19). The van der Waals surface area contributed by atoms with Gasteiger partial charge in [-0.1, -0.05) is 13.8 Å². The van der Waals surface area contributed by atoms with Gasteiger partial charge in [0.1, 0.15) is 4.90 Å². The molecule has 0 bridgehead atoms. The van der Waals surface area contributed by atoms with Gasteiger partial charge in [0, 0.05) is 7.11 Å². The van der Waals surface area contributed by atoms with Crippen LogP contribution in [0.15, 0.2) is 4.90 Å². The summed E-state index contributed by atoms with van der Waals surface area (Å²) in [5, 5.41) is 14.3. The maximum Gasteiger partial charge on any atom is 0.273 e. The lowest BCUT2D eigenvalue weighted by Crippen LogP contribution is -2.47. The van der Waals surface area contributed by atoms with Crippen molar-refractivity contribution in [1.29, 1.82) is 0 Å². The average molecular weight is 318 g/mol. The van der Waals surface area contributed by atoms with Gasteiger partial charge in [-0.05, 0) is 19.8 Å². The summed E-state index contributed by atoms with van der Waals surface area (Å²) in [6, 6.07) is 0. The normalized spacial score (nSPS) is 12.7. The van der Waals surface area contributed by atoms with E-state index in [1.54, 1.807) is 27.7 Å². The van der Waals surface area contributed by atoms with Crippen LogP contribution < -0.4 is 10.5 Å². The van der Waals surface area contributed by atoms with Crippen molar-refractivity contribution in [1.82, 2.24) is 15.5 Å². The van der Waals surface area contributed by atoms with E-state index in [4.69, 9.17) is 9.88 Å². The third-order valence-electron chi connectivity index (χ3n) is 2.78. The Hall–Kier alpha value is -1.45. The summed E-state index contributed by atoms with van der Waals surface area (Å²) in [7, 11) is -2.56. The number of aromatic nitrogens is 2. The molecule has 1 rings (SSSR count). The number of carbonyl (C=O) groups excluding carboxylic acids is 1. The smallest absolute Gasteiger partial charge is 0.273 e. The molecule has 0 saturated carbocycles.